The van der Waals surface area contributed by atoms with Crippen molar-refractivity contribution in [3.63, 3.8) is 0 Å². The monoisotopic (exact) mass is 321 g/mol. The third-order valence-electron chi connectivity index (χ3n) is 3.97. The van der Waals surface area contributed by atoms with Gasteiger partial charge in [-0.05, 0) is 12.1 Å². The maximum atomic E-state index is 12.7. The van der Waals surface area contributed by atoms with Gasteiger partial charge in [0.15, 0.2) is 5.65 Å². The molecule has 0 radical (unpaired) electrons. The Bertz CT molecular complexity index is 862. The number of piperazine rings is 1. The number of nitrogens with zero attached hydrogens (tertiary/aromatic N) is 7. The summed E-state index contributed by atoms with van der Waals surface area (Å²) in [5, 5.41) is 0. The van der Waals surface area contributed by atoms with E-state index in [4.69, 9.17) is 0 Å². The van der Waals surface area contributed by atoms with Crippen molar-refractivity contribution in [1.82, 2.24) is 29.8 Å². The standard InChI is InChI=1S/C16H15N7O/c24-15(12-10-13-14(21-11-12)18-5-4-17-13)22-6-8-23(9-7-22)16-19-2-1-3-20-16/h1-5,10-11H,6-9H2. The summed E-state index contributed by atoms with van der Waals surface area (Å²) in [6.07, 6.45) is 8.19. The fourth-order valence-corrected chi connectivity index (χ4v) is 2.72. The number of anilines is 1. The van der Waals surface area contributed by atoms with Gasteiger partial charge in [-0.15, -0.1) is 0 Å². The van der Waals surface area contributed by atoms with Crippen LogP contribution in [0.25, 0.3) is 11.2 Å². The SMILES string of the molecule is O=C(c1cnc2nccnc2c1)N1CCN(c2ncccn2)CC1. The van der Waals surface area contributed by atoms with Crippen molar-refractivity contribution in [2.75, 3.05) is 31.1 Å². The predicted octanol–water partition coefficient (Wildman–Crippen LogP) is 0.777. The molecule has 0 bridgehead atoms. The van der Waals surface area contributed by atoms with E-state index in [2.05, 4.69) is 29.8 Å². The largest absolute Gasteiger partial charge is 0.337 e. The molecule has 3 aromatic rings. The molecule has 0 unspecified atom stereocenters. The van der Waals surface area contributed by atoms with Gasteiger partial charge < -0.3 is 9.80 Å². The summed E-state index contributed by atoms with van der Waals surface area (Å²) in [5.74, 6) is 0.663. The third-order valence-corrected chi connectivity index (χ3v) is 3.97. The van der Waals surface area contributed by atoms with Crippen molar-refractivity contribution in [1.29, 1.82) is 0 Å². The molecule has 1 saturated heterocycles. The highest BCUT2D eigenvalue weighted by atomic mass is 16.2. The molecule has 0 saturated carbocycles. The van der Waals surface area contributed by atoms with Gasteiger partial charge in [-0.3, -0.25) is 9.78 Å². The molecule has 0 aromatic carbocycles. The maximum Gasteiger partial charge on any atom is 0.255 e. The van der Waals surface area contributed by atoms with Gasteiger partial charge in [0.1, 0.15) is 5.52 Å². The van der Waals surface area contributed by atoms with Crippen LogP contribution in [0.15, 0.2) is 43.1 Å². The zero-order valence-corrected chi connectivity index (χ0v) is 12.9. The minimum Gasteiger partial charge on any atom is -0.337 e. The fraction of sp³-hybridized carbons (Fsp3) is 0.250. The number of aromatic nitrogens is 5. The maximum absolute atomic E-state index is 12.7. The third kappa shape index (κ3) is 2.73. The molecule has 1 fully saturated rings. The molecule has 3 aromatic heterocycles. The molecule has 8 nitrogen and oxygen atoms in total. The van der Waals surface area contributed by atoms with Crippen molar-refractivity contribution in [3.05, 3.63) is 48.7 Å². The Morgan fingerprint density at radius 1 is 0.875 bits per heavy atom. The number of pyridine rings is 1. The van der Waals surface area contributed by atoms with Gasteiger partial charge in [0.25, 0.3) is 5.91 Å². The molecule has 1 amide bonds. The van der Waals surface area contributed by atoms with Crippen LogP contribution in [0.3, 0.4) is 0 Å². The second-order valence-electron chi connectivity index (χ2n) is 5.45. The molecule has 4 heterocycles. The molecule has 24 heavy (non-hydrogen) atoms. The number of carbonyl (C=O) groups is 1. The molecule has 0 aliphatic carbocycles. The van der Waals surface area contributed by atoms with Gasteiger partial charge in [-0.2, -0.15) is 0 Å². The Labute approximate surface area is 138 Å². The molecular weight excluding hydrogens is 306 g/mol. The normalized spacial score (nSPS) is 14.8. The summed E-state index contributed by atoms with van der Waals surface area (Å²) in [5.41, 5.74) is 1.70. The van der Waals surface area contributed by atoms with Crippen LogP contribution < -0.4 is 4.90 Å². The molecule has 120 valence electrons. The molecule has 0 atom stereocenters. The first-order valence-corrected chi connectivity index (χ1v) is 7.69. The van der Waals surface area contributed by atoms with Crippen molar-refractivity contribution in [2.45, 2.75) is 0 Å². The lowest BCUT2D eigenvalue weighted by Gasteiger charge is -2.34. The van der Waals surface area contributed by atoms with Crippen LogP contribution in [0, 0.1) is 0 Å². The Balaban J connectivity index is 1.47. The van der Waals surface area contributed by atoms with Crippen molar-refractivity contribution in [3.8, 4) is 0 Å². The van der Waals surface area contributed by atoms with Crippen molar-refractivity contribution in [2.24, 2.45) is 0 Å². The average molecular weight is 321 g/mol. The van der Waals surface area contributed by atoms with Gasteiger partial charge in [-0.1, -0.05) is 0 Å². The molecule has 1 aliphatic rings. The van der Waals surface area contributed by atoms with E-state index in [1.165, 1.54) is 0 Å². The summed E-state index contributed by atoms with van der Waals surface area (Å²) < 4.78 is 0. The smallest absolute Gasteiger partial charge is 0.255 e. The highest BCUT2D eigenvalue weighted by Crippen LogP contribution is 2.14. The van der Waals surface area contributed by atoms with Gasteiger partial charge in [0.2, 0.25) is 5.95 Å². The first kappa shape index (κ1) is 14.4. The van der Waals surface area contributed by atoms with Crippen molar-refractivity contribution >= 4 is 23.0 Å². The second kappa shape index (κ2) is 6.15. The van der Waals surface area contributed by atoms with Crippen LogP contribution in [0.1, 0.15) is 10.4 Å². The van der Waals surface area contributed by atoms with Gasteiger partial charge in [0, 0.05) is 57.2 Å². The Kier molecular flexibility index (Phi) is 3.70. The zero-order chi connectivity index (χ0) is 16.4. The van der Waals surface area contributed by atoms with Gasteiger partial charge >= 0.3 is 0 Å². The van der Waals surface area contributed by atoms with Crippen LogP contribution in [0.2, 0.25) is 0 Å². The van der Waals surface area contributed by atoms with E-state index in [9.17, 15) is 4.79 Å². The number of hydrogen-bond donors (Lipinski definition) is 0. The van der Waals surface area contributed by atoms with Gasteiger partial charge in [0.05, 0.1) is 5.56 Å². The number of fused-ring (bicyclic) bond motifs is 1. The summed E-state index contributed by atoms with van der Waals surface area (Å²) in [6.45, 7) is 2.65. The van der Waals surface area contributed by atoms with Crippen LogP contribution >= 0.6 is 0 Å². The predicted molar refractivity (Wildman–Crippen MR) is 87.5 cm³/mol. The first-order chi connectivity index (χ1) is 11.8. The van der Waals surface area contributed by atoms with Crippen LogP contribution in [0.4, 0.5) is 5.95 Å². The van der Waals surface area contributed by atoms with E-state index in [1.54, 1.807) is 43.1 Å². The molecular formula is C16H15N7O. The topological polar surface area (TPSA) is 88.0 Å². The summed E-state index contributed by atoms with van der Waals surface area (Å²) >= 11 is 0. The fourth-order valence-electron chi connectivity index (χ4n) is 2.72. The van der Waals surface area contributed by atoms with E-state index in [1.807, 2.05) is 4.90 Å². The minimum atomic E-state index is -0.0383. The molecule has 8 heteroatoms. The average Bonchev–Trinajstić information content (AvgIpc) is 2.68. The Hall–Kier alpha value is -3.16. The van der Waals surface area contributed by atoms with E-state index >= 15 is 0 Å². The van der Waals surface area contributed by atoms with Crippen LogP contribution in [0.5, 0.6) is 0 Å². The highest BCUT2D eigenvalue weighted by Gasteiger charge is 2.23. The number of amides is 1. The molecule has 4 rings (SSSR count). The summed E-state index contributed by atoms with van der Waals surface area (Å²) in [6, 6.07) is 3.53. The lowest BCUT2D eigenvalue weighted by atomic mass is 10.2. The minimum absolute atomic E-state index is 0.0383. The number of hydrogen-bond acceptors (Lipinski definition) is 7. The zero-order valence-electron chi connectivity index (χ0n) is 12.9. The highest BCUT2D eigenvalue weighted by molar-refractivity contribution is 5.96. The summed E-state index contributed by atoms with van der Waals surface area (Å²) in [4.78, 5) is 37.6. The van der Waals surface area contributed by atoms with E-state index in [0.29, 0.717) is 48.9 Å². The van der Waals surface area contributed by atoms with E-state index in [-0.39, 0.29) is 5.91 Å². The van der Waals surface area contributed by atoms with Crippen LogP contribution in [-0.2, 0) is 0 Å². The van der Waals surface area contributed by atoms with Crippen LogP contribution in [-0.4, -0.2) is 61.9 Å². The lowest BCUT2D eigenvalue weighted by molar-refractivity contribution is 0.0746. The van der Waals surface area contributed by atoms with E-state index in [0.717, 1.165) is 0 Å². The number of rotatable bonds is 2. The Morgan fingerprint density at radius 2 is 1.62 bits per heavy atom. The lowest BCUT2D eigenvalue weighted by Crippen LogP contribution is -2.49. The second-order valence-corrected chi connectivity index (χ2v) is 5.45. The van der Waals surface area contributed by atoms with Crippen molar-refractivity contribution < 1.29 is 4.79 Å². The van der Waals surface area contributed by atoms with Gasteiger partial charge in [-0.25, -0.2) is 19.9 Å². The molecule has 0 spiro atoms. The van der Waals surface area contributed by atoms with E-state index < -0.39 is 0 Å². The Morgan fingerprint density at radius 3 is 2.42 bits per heavy atom. The molecule has 0 N–H and O–H groups in total. The summed E-state index contributed by atoms with van der Waals surface area (Å²) in [7, 11) is 0. The number of carbonyl (C=O) groups excluding carboxylic acids is 1. The first-order valence-electron chi connectivity index (χ1n) is 7.69. The molecule has 1 aliphatic heterocycles. The quantitative estimate of drug-likeness (QED) is 0.689.